The number of nitrogens with zero attached hydrogens (tertiary/aromatic N) is 2. The molecule has 9 heteroatoms. The first-order valence-electron chi connectivity index (χ1n) is 7.20. The first-order chi connectivity index (χ1) is 12.0. The maximum Gasteiger partial charge on any atom is 0.318 e. The highest BCUT2D eigenvalue weighted by Gasteiger charge is 2.13. The lowest BCUT2D eigenvalue weighted by Gasteiger charge is -2.03. The van der Waals surface area contributed by atoms with E-state index in [1.165, 1.54) is 17.7 Å². The molecule has 2 heterocycles. The predicted octanol–water partition coefficient (Wildman–Crippen LogP) is 1.33. The summed E-state index contributed by atoms with van der Waals surface area (Å²) in [5.74, 6) is 0.0634. The summed E-state index contributed by atoms with van der Waals surface area (Å²) in [4.78, 5) is 39.9. The number of benzene rings is 1. The SMILES string of the molecule is COc1ccc(-c2cc3ncn(CC(=O)NC(N)=O)c(=O)c3s2)cc1. The zero-order valence-electron chi connectivity index (χ0n) is 13.2. The fourth-order valence-electron chi connectivity index (χ4n) is 2.29. The Balaban J connectivity index is 1.95. The Bertz CT molecular complexity index is 1010. The van der Waals surface area contributed by atoms with E-state index in [-0.39, 0.29) is 12.1 Å². The molecule has 25 heavy (non-hydrogen) atoms. The number of nitrogens with two attached hydrogens (primary N) is 1. The number of imide groups is 1. The minimum absolute atomic E-state index is 0.333. The molecule has 8 nitrogen and oxygen atoms in total. The lowest BCUT2D eigenvalue weighted by atomic mass is 10.2. The van der Waals surface area contributed by atoms with Crippen molar-refractivity contribution < 1.29 is 14.3 Å². The van der Waals surface area contributed by atoms with Gasteiger partial charge in [-0.1, -0.05) is 0 Å². The molecule has 3 rings (SSSR count). The van der Waals surface area contributed by atoms with Crippen molar-refractivity contribution in [3.63, 3.8) is 0 Å². The van der Waals surface area contributed by atoms with Crippen LogP contribution in [0.3, 0.4) is 0 Å². The van der Waals surface area contributed by atoms with Crippen molar-refractivity contribution >= 4 is 33.5 Å². The maximum absolute atomic E-state index is 12.5. The molecule has 3 N–H and O–H groups in total. The Morgan fingerprint density at radius 3 is 2.68 bits per heavy atom. The van der Waals surface area contributed by atoms with Crippen LogP contribution < -0.4 is 21.3 Å². The molecule has 0 saturated heterocycles. The molecule has 2 aromatic heterocycles. The highest BCUT2D eigenvalue weighted by molar-refractivity contribution is 7.22. The molecule has 0 aliphatic rings. The Morgan fingerprint density at radius 2 is 2.04 bits per heavy atom. The zero-order chi connectivity index (χ0) is 18.0. The third kappa shape index (κ3) is 3.50. The number of rotatable bonds is 4. The molecule has 3 aromatic rings. The molecule has 0 unspecified atom stereocenters. The van der Waals surface area contributed by atoms with Crippen molar-refractivity contribution in [1.29, 1.82) is 0 Å². The number of thiophene rings is 1. The van der Waals surface area contributed by atoms with Crippen LogP contribution in [0.1, 0.15) is 0 Å². The molecule has 3 amide bonds. The predicted molar refractivity (Wildman–Crippen MR) is 93.6 cm³/mol. The van der Waals surface area contributed by atoms with Gasteiger partial charge in [-0.15, -0.1) is 11.3 Å². The first-order valence-corrected chi connectivity index (χ1v) is 8.02. The van der Waals surface area contributed by atoms with Gasteiger partial charge in [-0.25, -0.2) is 9.78 Å². The minimum Gasteiger partial charge on any atom is -0.497 e. The highest BCUT2D eigenvalue weighted by Crippen LogP contribution is 2.31. The largest absolute Gasteiger partial charge is 0.497 e. The Hall–Kier alpha value is -3.20. The van der Waals surface area contributed by atoms with E-state index >= 15 is 0 Å². The van der Waals surface area contributed by atoms with Crippen LogP contribution in [0.4, 0.5) is 4.79 Å². The van der Waals surface area contributed by atoms with Crippen LogP contribution in [0.15, 0.2) is 41.5 Å². The number of methoxy groups -OCH3 is 1. The number of amides is 3. The third-order valence-corrected chi connectivity index (χ3v) is 4.62. The Morgan fingerprint density at radius 1 is 1.32 bits per heavy atom. The fourth-order valence-corrected chi connectivity index (χ4v) is 3.35. The quantitative estimate of drug-likeness (QED) is 0.730. The lowest BCUT2D eigenvalue weighted by Crippen LogP contribution is -2.39. The molecular weight excluding hydrogens is 344 g/mol. The second-order valence-corrected chi connectivity index (χ2v) is 6.20. The fraction of sp³-hybridized carbons (Fsp3) is 0.125. The lowest BCUT2D eigenvalue weighted by molar-refractivity contribution is -0.120. The van der Waals surface area contributed by atoms with E-state index in [0.29, 0.717) is 10.2 Å². The van der Waals surface area contributed by atoms with E-state index in [1.54, 1.807) is 7.11 Å². The second kappa shape index (κ2) is 6.73. The van der Waals surface area contributed by atoms with Gasteiger partial charge in [0.1, 0.15) is 17.0 Å². The van der Waals surface area contributed by atoms with Crippen LogP contribution in [0.2, 0.25) is 0 Å². The van der Waals surface area contributed by atoms with Gasteiger partial charge in [0.25, 0.3) is 5.56 Å². The molecule has 1 aromatic carbocycles. The maximum atomic E-state index is 12.5. The van der Waals surface area contributed by atoms with Crippen molar-refractivity contribution in [2.75, 3.05) is 7.11 Å². The summed E-state index contributed by atoms with van der Waals surface area (Å²) in [5, 5.41) is 1.91. The van der Waals surface area contributed by atoms with Crippen LogP contribution in [-0.4, -0.2) is 28.6 Å². The van der Waals surface area contributed by atoms with E-state index in [2.05, 4.69) is 4.98 Å². The summed E-state index contributed by atoms with van der Waals surface area (Å²) in [6, 6.07) is 8.30. The number of fused-ring (bicyclic) bond motifs is 1. The molecule has 0 saturated carbocycles. The van der Waals surface area contributed by atoms with E-state index in [4.69, 9.17) is 10.5 Å². The molecule has 0 radical (unpaired) electrons. The van der Waals surface area contributed by atoms with Crippen LogP contribution in [0, 0.1) is 0 Å². The van der Waals surface area contributed by atoms with E-state index in [9.17, 15) is 14.4 Å². The summed E-state index contributed by atoms with van der Waals surface area (Å²) in [5.41, 5.74) is 6.01. The number of ether oxygens (including phenoxy) is 1. The van der Waals surface area contributed by atoms with Crippen LogP contribution >= 0.6 is 11.3 Å². The minimum atomic E-state index is -0.968. The molecule has 0 atom stereocenters. The number of primary amides is 1. The summed E-state index contributed by atoms with van der Waals surface area (Å²) in [7, 11) is 1.59. The normalized spacial score (nSPS) is 10.6. The van der Waals surface area contributed by atoms with Gasteiger partial charge in [-0.05, 0) is 35.9 Å². The standard InChI is InChI=1S/C16H14N4O4S/c1-24-10-4-2-9(3-5-10)12-6-11-14(25-12)15(22)20(8-18-11)7-13(21)19-16(17)23/h2-6,8H,7H2,1H3,(H3,17,19,21,23). The van der Waals surface area contributed by atoms with E-state index in [1.807, 2.05) is 35.6 Å². The number of carbonyl (C=O) groups excluding carboxylic acids is 2. The highest BCUT2D eigenvalue weighted by atomic mass is 32.1. The Kier molecular flexibility index (Phi) is 4.48. The molecule has 0 bridgehead atoms. The van der Waals surface area contributed by atoms with Crippen molar-refractivity contribution in [2.45, 2.75) is 6.54 Å². The van der Waals surface area contributed by atoms with Crippen molar-refractivity contribution in [2.24, 2.45) is 5.73 Å². The van der Waals surface area contributed by atoms with Crippen molar-refractivity contribution in [3.05, 3.63) is 47.0 Å². The van der Waals surface area contributed by atoms with Gasteiger partial charge < -0.3 is 10.5 Å². The van der Waals surface area contributed by atoms with Crippen LogP contribution in [0.5, 0.6) is 5.75 Å². The topological polar surface area (TPSA) is 116 Å². The van der Waals surface area contributed by atoms with Crippen molar-refractivity contribution in [1.82, 2.24) is 14.9 Å². The first kappa shape index (κ1) is 16.7. The molecular formula is C16H14N4O4S. The average molecular weight is 358 g/mol. The summed E-state index contributed by atoms with van der Waals surface area (Å²) in [6.45, 7) is -0.333. The van der Waals surface area contributed by atoms with Gasteiger partial charge in [0.05, 0.1) is 19.0 Å². The van der Waals surface area contributed by atoms with Gasteiger partial charge in [-0.2, -0.15) is 0 Å². The number of nitrogens with one attached hydrogen (secondary N) is 1. The molecule has 0 aliphatic heterocycles. The van der Waals surface area contributed by atoms with Gasteiger partial charge >= 0.3 is 6.03 Å². The number of aromatic nitrogens is 2. The summed E-state index contributed by atoms with van der Waals surface area (Å²) in [6.07, 6.45) is 1.27. The Labute approximate surface area is 145 Å². The number of hydrogen-bond acceptors (Lipinski definition) is 6. The van der Waals surface area contributed by atoms with Gasteiger partial charge in [0.15, 0.2) is 0 Å². The summed E-state index contributed by atoms with van der Waals surface area (Å²) >= 11 is 1.29. The average Bonchev–Trinajstić information content (AvgIpc) is 3.02. The molecule has 128 valence electrons. The zero-order valence-corrected chi connectivity index (χ0v) is 14.0. The van der Waals surface area contributed by atoms with E-state index < -0.39 is 11.9 Å². The third-order valence-electron chi connectivity index (χ3n) is 3.45. The number of urea groups is 1. The van der Waals surface area contributed by atoms with Crippen LogP contribution in [0.25, 0.3) is 20.7 Å². The van der Waals surface area contributed by atoms with Crippen molar-refractivity contribution in [3.8, 4) is 16.2 Å². The van der Waals surface area contributed by atoms with Gasteiger partial charge in [0, 0.05) is 4.88 Å². The monoisotopic (exact) mass is 358 g/mol. The number of carbonyl (C=O) groups is 2. The summed E-state index contributed by atoms with van der Waals surface area (Å²) < 4.78 is 6.69. The molecule has 0 aliphatic carbocycles. The smallest absolute Gasteiger partial charge is 0.318 e. The molecule has 0 spiro atoms. The van der Waals surface area contributed by atoms with E-state index in [0.717, 1.165) is 20.8 Å². The van der Waals surface area contributed by atoms with Crippen LogP contribution in [-0.2, 0) is 11.3 Å². The van der Waals surface area contributed by atoms with Gasteiger partial charge in [0.2, 0.25) is 5.91 Å². The second-order valence-electron chi connectivity index (χ2n) is 5.14. The van der Waals surface area contributed by atoms with Gasteiger partial charge in [-0.3, -0.25) is 19.5 Å². The number of hydrogen-bond donors (Lipinski definition) is 2. The molecule has 0 fully saturated rings.